The number of methoxy groups -OCH3 is 1. The molecule has 0 fully saturated rings. The fourth-order valence-electron chi connectivity index (χ4n) is 4.20. The van der Waals surface area contributed by atoms with Crippen molar-refractivity contribution in [2.45, 2.75) is 32.2 Å². The minimum absolute atomic E-state index is 0.294. The third-order valence-corrected chi connectivity index (χ3v) is 6.63. The molecule has 0 aromatic heterocycles. The number of carbonyl (C=O) groups is 1. The van der Waals surface area contributed by atoms with Gasteiger partial charge in [0.2, 0.25) is 0 Å². The lowest BCUT2D eigenvalue weighted by atomic mass is 10.1. The summed E-state index contributed by atoms with van der Waals surface area (Å²) in [4.78, 5) is 13.6. The molecule has 208 valence electrons. The number of nitrogens with two attached hydrogens (primary N) is 1. The number of rotatable bonds is 14. The van der Waals surface area contributed by atoms with Gasteiger partial charge in [-0.1, -0.05) is 60.1 Å². The summed E-state index contributed by atoms with van der Waals surface area (Å²) in [7, 11) is 1.64. The number of aliphatic carboxylic acids is 1. The zero-order chi connectivity index (χ0) is 28.3. The van der Waals surface area contributed by atoms with Crippen LogP contribution in [0.15, 0.2) is 97.1 Å². The van der Waals surface area contributed by atoms with Crippen molar-refractivity contribution in [3.05, 3.63) is 119 Å². The molecule has 1 atom stereocenters. The van der Waals surface area contributed by atoms with Crippen LogP contribution in [0.5, 0.6) is 23.0 Å². The number of hydrogen-bond acceptors (Lipinski definition) is 6. The standard InChI is InChI=1S/C32H33ClN2O5/c1-38-28-10-6-7-23(19-28)22-39-30-11-4-2-8-24(30)20-35(18-17-29(34)32(36)37)21-25-9-3-5-12-31(25)40-27-15-13-26(33)14-16-27/h2-16,19,29H,17-18,20-22,34H2,1H3,(H,36,37). The lowest BCUT2D eigenvalue weighted by molar-refractivity contribution is -0.138. The molecule has 3 N–H and O–H groups in total. The number of benzene rings is 4. The topological polar surface area (TPSA) is 94.2 Å². The smallest absolute Gasteiger partial charge is 0.320 e. The van der Waals surface area contributed by atoms with Gasteiger partial charge in [-0.3, -0.25) is 9.69 Å². The molecule has 40 heavy (non-hydrogen) atoms. The van der Waals surface area contributed by atoms with Crippen molar-refractivity contribution in [3.8, 4) is 23.0 Å². The van der Waals surface area contributed by atoms with E-state index in [1.54, 1.807) is 19.2 Å². The molecule has 0 amide bonds. The maximum absolute atomic E-state index is 11.4. The highest BCUT2D eigenvalue weighted by Crippen LogP contribution is 2.29. The molecule has 8 heteroatoms. The number of carboxylic acids is 1. The molecule has 0 saturated carbocycles. The minimum Gasteiger partial charge on any atom is -0.497 e. The zero-order valence-electron chi connectivity index (χ0n) is 22.3. The van der Waals surface area contributed by atoms with E-state index in [0.717, 1.165) is 28.2 Å². The second kappa shape index (κ2) is 14.4. The van der Waals surface area contributed by atoms with Gasteiger partial charge in [0.1, 0.15) is 35.6 Å². The van der Waals surface area contributed by atoms with Gasteiger partial charge in [-0.2, -0.15) is 0 Å². The van der Waals surface area contributed by atoms with Gasteiger partial charge >= 0.3 is 5.97 Å². The summed E-state index contributed by atoms with van der Waals surface area (Å²) in [5.74, 6) is 1.89. The van der Waals surface area contributed by atoms with Crippen LogP contribution < -0.4 is 19.9 Å². The second-order valence-corrected chi connectivity index (χ2v) is 9.79. The van der Waals surface area contributed by atoms with Crippen LogP contribution in [0, 0.1) is 0 Å². The van der Waals surface area contributed by atoms with Gasteiger partial charge in [0.05, 0.1) is 7.11 Å². The van der Waals surface area contributed by atoms with Gasteiger partial charge in [-0.25, -0.2) is 0 Å². The Hall–Kier alpha value is -4.04. The molecule has 0 saturated heterocycles. The maximum Gasteiger partial charge on any atom is 0.320 e. The predicted octanol–water partition coefficient (Wildman–Crippen LogP) is 6.52. The van der Waals surface area contributed by atoms with Gasteiger partial charge < -0.3 is 25.1 Å². The van der Waals surface area contributed by atoms with Crippen LogP contribution in [0.4, 0.5) is 0 Å². The molecule has 1 unspecified atom stereocenters. The molecular formula is C32H33ClN2O5. The molecule has 0 radical (unpaired) electrons. The Morgan fingerprint density at radius 3 is 2.20 bits per heavy atom. The summed E-state index contributed by atoms with van der Waals surface area (Å²) >= 11 is 6.03. The van der Waals surface area contributed by atoms with E-state index in [-0.39, 0.29) is 0 Å². The number of hydrogen-bond donors (Lipinski definition) is 2. The van der Waals surface area contributed by atoms with Crippen molar-refractivity contribution in [2.24, 2.45) is 5.73 Å². The van der Waals surface area contributed by atoms with E-state index in [2.05, 4.69) is 4.90 Å². The van der Waals surface area contributed by atoms with Crippen molar-refractivity contribution in [2.75, 3.05) is 13.7 Å². The molecule has 4 aromatic carbocycles. The molecule has 0 bridgehead atoms. The van der Waals surface area contributed by atoms with Crippen molar-refractivity contribution in [3.63, 3.8) is 0 Å². The SMILES string of the molecule is COc1cccc(COc2ccccc2CN(CCC(N)C(=O)O)Cc2ccccc2Oc2ccc(Cl)cc2)c1. The van der Waals surface area contributed by atoms with Crippen molar-refractivity contribution < 1.29 is 24.1 Å². The minimum atomic E-state index is -1.02. The van der Waals surface area contributed by atoms with Gasteiger partial charge in [0.15, 0.2) is 0 Å². The van der Waals surface area contributed by atoms with E-state index in [9.17, 15) is 9.90 Å². The van der Waals surface area contributed by atoms with E-state index in [4.69, 9.17) is 31.5 Å². The van der Waals surface area contributed by atoms with Crippen LogP contribution >= 0.6 is 11.6 Å². The van der Waals surface area contributed by atoms with Crippen LogP contribution in [0.2, 0.25) is 5.02 Å². The van der Waals surface area contributed by atoms with Gasteiger partial charge in [-0.15, -0.1) is 0 Å². The Morgan fingerprint density at radius 1 is 0.875 bits per heavy atom. The molecule has 4 rings (SSSR count). The zero-order valence-corrected chi connectivity index (χ0v) is 23.1. The van der Waals surface area contributed by atoms with Crippen molar-refractivity contribution in [1.29, 1.82) is 0 Å². The van der Waals surface area contributed by atoms with Gasteiger partial charge in [0.25, 0.3) is 0 Å². The average molecular weight is 561 g/mol. The Balaban J connectivity index is 1.53. The molecule has 0 aliphatic carbocycles. The quantitative estimate of drug-likeness (QED) is 0.181. The third kappa shape index (κ3) is 8.48. The summed E-state index contributed by atoms with van der Waals surface area (Å²) in [5.41, 5.74) is 8.79. The number of halogens is 1. The molecule has 0 aliphatic rings. The molecule has 7 nitrogen and oxygen atoms in total. The second-order valence-electron chi connectivity index (χ2n) is 9.36. The van der Waals surface area contributed by atoms with Crippen LogP contribution in [0.3, 0.4) is 0 Å². The predicted molar refractivity (Wildman–Crippen MR) is 156 cm³/mol. The lowest BCUT2D eigenvalue weighted by Gasteiger charge is -2.25. The fourth-order valence-corrected chi connectivity index (χ4v) is 4.33. The van der Waals surface area contributed by atoms with E-state index in [1.807, 2.05) is 84.9 Å². The first-order chi connectivity index (χ1) is 19.4. The van der Waals surface area contributed by atoms with Crippen LogP contribution in [0.1, 0.15) is 23.1 Å². The summed E-state index contributed by atoms with van der Waals surface area (Å²) in [6, 6.07) is 29.6. The first kappa shape index (κ1) is 29.0. The largest absolute Gasteiger partial charge is 0.497 e. The van der Waals surface area contributed by atoms with Crippen molar-refractivity contribution in [1.82, 2.24) is 4.90 Å². The number of nitrogens with zero attached hydrogens (tertiary/aromatic N) is 1. The van der Waals surface area contributed by atoms with E-state index in [1.165, 1.54) is 0 Å². The molecule has 0 spiro atoms. The molecule has 0 heterocycles. The molecular weight excluding hydrogens is 528 g/mol. The van der Waals surface area contributed by atoms with Crippen LogP contribution in [-0.2, 0) is 24.5 Å². The first-order valence-corrected chi connectivity index (χ1v) is 13.3. The Bertz CT molecular complexity index is 1400. The number of carboxylic acid groups (broad SMARTS) is 1. The third-order valence-electron chi connectivity index (χ3n) is 6.38. The highest BCUT2D eigenvalue weighted by molar-refractivity contribution is 6.30. The average Bonchev–Trinajstić information content (AvgIpc) is 2.97. The maximum atomic E-state index is 11.4. The Kier molecular flexibility index (Phi) is 10.4. The molecule has 0 aliphatic heterocycles. The monoisotopic (exact) mass is 560 g/mol. The summed E-state index contributed by atoms with van der Waals surface area (Å²) in [6.07, 6.45) is 0.294. The normalized spacial score (nSPS) is 11.7. The first-order valence-electron chi connectivity index (χ1n) is 13.0. The number of para-hydroxylation sites is 2. The van der Waals surface area contributed by atoms with Crippen molar-refractivity contribution >= 4 is 17.6 Å². The van der Waals surface area contributed by atoms with Crippen LogP contribution in [-0.4, -0.2) is 35.7 Å². The highest BCUT2D eigenvalue weighted by Gasteiger charge is 2.18. The summed E-state index contributed by atoms with van der Waals surface area (Å²) < 4.78 is 17.7. The van der Waals surface area contributed by atoms with Gasteiger partial charge in [0, 0.05) is 35.8 Å². The van der Waals surface area contributed by atoms with E-state index in [0.29, 0.717) is 49.2 Å². The van der Waals surface area contributed by atoms with Gasteiger partial charge in [-0.05, 0) is 60.5 Å². The highest BCUT2D eigenvalue weighted by atomic mass is 35.5. The summed E-state index contributed by atoms with van der Waals surface area (Å²) in [5, 5.41) is 9.99. The van der Waals surface area contributed by atoms with Crippen LogP contribution in [0.25, 0.3) is 0 Å². The lowest BCUT2D eigenvalue weighted by Crippen LogP contribution is -2.35. The number of ether oxygens (including phenoxy) is 3. The summed E-state index contributed by atoms with van der Waals surface area (Å²) in [6.45, 7) is 1.89. The van der Waals surface area contributed by atoms with E-state index >= 15 is 0 Å². The fraction of sp³-hybridized carbons (Fsp3) is 0.219. The molecule has 4 aromatic rings. The Morgan fingerprint density at radius 2 is 1.52 bits per heavy atom. The van der Waals surface area contributed by atoms with E-state index < -0.39 is 12.0 Å². The Labute approximate surface area is 239 Å².